The average molecular weight is 488 g/mol. The van der Waals surface area contributed by atoms with E-state index in [1.54, 1.807) is 7.11 Å². The molecule has 0 bridgehead atoms. The van der Waals surface area contributed by atoms with E-state index in [0.29, 0.717) is 92.5 Å². The van der Waals surface area contributed by atoms with E-state index in [0.717, 1.165) is 11.3 Å². The van der Waals surface area contributed by atoms with Crippen molar-refractivity contribution < 1.29 is 37.9 Å². The van der Waals surface area contributed by atoms with Crippen molar-refractivity contribution in [1.82, 2.24) is 0 Å². The first-order valence-electron chi connectivity index (χ1n) is 11.9. The molecule has 0 atom stereocenters. The van der Waals surface area contributed by atoms with Crippen LogP contribution in [0.2, 0.25) is 0 Å². The number of hydrogen-bond acceptors (Lipinski definition) is 9. The molecule has 1 aromatic carbocycles. The van der Waals surface area contributed by atoms with Crippen LogP contribution in [0.1, 0.15) is 11.1 Å². The lowest BCUT2D eigenvalue weighted by atomic mass is 10.1. The van der Waals surface area contributed by atoms with Crippen LogP contribution >= 0.6 is 0 Å². The first-order valence-corrected chi connectivity index (χ1v) is 11.9. The molecule has 0 radical (unpaired) electrons. The van der Waals surface area contributed by atoms with E-state index in [4.69, 9.17) is 37.9 Å². The van der Waals surface area contributed by atoms with Crippen LogP contribution in [-0.4, -0.2) is 114 Å². The van der Waals surface area contributed by atoms with Gasteiger partial charge in [-0.05, 0) is 31.5 Å². The lowest BCUT2D eigenvalue weighted by molar-refractivity contribution is -0.0199. The third-order valence-electron chi connectivity index (χ3n) is 4.74. The van der Waals surface area contributed by atoms with Gasteiger partial charge in [0.25, 0.3) is 0 Å². The first kappa shape index (κ1) is 30.6. The zero-order valence-corrected chi connectivity index (χ0v) is 21.8. The molecule has 9 nitrogen and oxygen atoms in total. The molecule has 34 heavy (non-hydrogen) atoms. The maximum atomic E-state index is 5.90. The van der Waals surface area contributed by atoms with Crippen LogP contribution in [0.3, 0.4) is 0 Å². The van der Waals surface area contributed by atoms with E-state index in [9.17, 15) is 0 Å². The largest absolute Gasteiger partial charge is 0.491 e. The molecule has 1 rings (SSSR count). The summed E-state index contributed by atoms with van der Waals surface area (Å²) in [7, 11) is 5.72. The van der Waals surface area contributed by atoms with Gasteiger partial charge in [0, 0.05) is 32.5 Å². The Hall–Kier alpha value is -1.46. The van der Waals surface area contributed by atoms with Crippen LogP contribution in [0, 0.1) is 13.8 Å². The van der Waals surface area contributed by atoms with Crippen LogP contribution < -0.4 is 9.64 Å². The highest BCUT2D eigenvalue weighted by atomic mass is 16.6. The summed E-state index contributed by atoms with van der Waals surface area (Å²) in [4.78, 5) is 2.10. The smallest absolute Gasteiger partial charge is 0.124 e. The second-order valence-corrected chi connectivity index (χ2v) is 7.82. The quantitative estimate of drug-likeness (QED) is 0.216. The Kier molecular flexibility index (Phi) is 18.8. The van der Waals surface area contributed by atoms with Crippen LogP contribution in [0.5, 0.6) is 5.75 Å². The molecular weight excluding hydrogens is 442 g/mol. The topological polar surface area (TPSA) is 77.1 Å². The van der Waals surface area contributed by atoms with E-state index in [2.05, 4.69) is 30.9 Å². The van der Waals surface area contributed by atoms with Gasteiger partial charge in [-0.25, -0.2) is 0 Å². The van der Waals surface area contributed by atoms with E-state index in [1.165, 1.54) is 11.3 Å². The predicted molar refractivity (Wildman–Crippen MR) is 133 cm³/mol. The molecule has 0 aliphatic carbocycles. The van der Waals surface area contributed by atoms with Crippen molar-refractivity contribution in [2.75, 3.05) is 119 Å². The Morgan fingerprint density at radius 2 is 0.941 bits per heavy atom. The highest BCUT2D eigenvalue weighted by Gasteiger charge is 2.08. The van der Waals surface area contributed by atoms with E-state index in [1.807, 2.05) is 14.1 Å². The molecule has 0 N–H and O–H groups in total. The molecular formula is C25H45NO8. The highest BCUT2D eigenvalue weighted by molar-refractivity contribution is 5.59. The Balaban J connectivity index is 1.84. The van der Waals surface area contributed by atoms with E-state index >= 15 is 0 Å². The molecule has 0 amide bonds. The fourth-order valence-corrected chi connectivity index (χ4v) is 2.98. The maximum Gasteiger partial charge on any atom is 0.124 e. The van der Waals surface area contributed by atoms with Gasteiger partial charge in [0.2, 0.25) is 0 Å². The van der Waals surface area contributed by atoms with Crippen molar-refractivity contribution >= 4 is 5.69 Å². The second-order valence-electron chi connectivity index (χ2n) is 7.82. The number of benzene rings is 1. The molecule has 0 saturated heterocycles. The summed E-state index contributed by atoms with van der Waals surface area (Å²) in [5.41, 5.74) is 3.48. The molecule has 1 aromatic rings. The van der Waals surface area contributed by atoms with Crippen molar-refractivity contribution in [2.24, 2.45) is 0 Å². The van der Waals surface area contributed by atoms with Crippen molar-refractivity contribution in [3.05, 3.63) is 23.3 Å². The van der Waals surface area contributed by atoms with Gasteiger partial charge in [-0.2, -0.15) is 0 Å². The zero-order chi connectivity index (χ0) is 24.9. The van der Waals surface area contributed by atoms with Gasteiger partial charge in [-0.1, -0.05) is 0 Å². The maximum absolute atomic E-state index is 5.90. The zero-order valence-electron chi connectivity index (χ0n) is 21.8. The minimum atomic E-state index is 0.507. The summed E-state index contributed by atoms with van der Waals surface area (Å²) < 4.78 is 43.5. The summed E-state index contributed by atoms with van der Waals surface area (Å²) in [5.74, 6) is 0.903. The minimum Gasteiger partial charge on any atom is -0.491 e. The SMILES string of the molecule is COCCOCCOCCOCCOCCOCCOCCOc1cc(C)cc(N(C)C)c1C. The molecule has 198 valence electrons. The number of nitrogens with zero attached hydrogens (tertiary/aromatic N) is 1. The Labute approximate surface area is 205 Å². The van der Waals surface area contributed by atoms with Crippen LogP contribution in [0.4, 0.5) is 5.69 Å². The lowest BCUT2D eigenvalue weighted by Gasteiger charge is -2.19. The molecule has 0 aliphatic heterocycles. The average Bonchev–Trinajstić information content (AvgIpc) is 2.81. The summed E-state index contributed by atoms with van der Waals surface area (Å²) in [6.45, 7) is 11.8. The molecule has 9 heteroatoms. The fourth-order valence-electron chi connectivity index (χ4n) is 2.98. The van der Waals surface area contributed by atoms with Crippen LogP contribution in [0.15, 0.2) is 12.1 Å². The van der Waals surface area contributed by atoms with Gasteiger partial charge < -0.3 is 42.8 Å². The Bertz CT molecular complexity index is 615. The Morgan fingerprint density at radius 3 is 1.32 bits per heavy atom. The van der Waals surface area contributed by atoms with Gasteiger partial charge in [0.05, 0.1) is 85.9 Å². The summed E-state index contributed by atoms with van der Waals surface area (Å²) >= 11 is 0. The third-order valence-corrected chi connectivity index (χ3v) is 4.74. The lowest BCUT2D eigenvalue weighted by Crippen LogP contribution is -2.15. The standard InChI is InChI=1S/C25H45NO8/c1-22-20-24(26(3)4)23(2)25(21-22)34-19-18-33-17-16-32-15-14-31-13-12-30-11-10-29-9-8-28-7-6-27-5/h20-21H,6-19H2,1-5H3. The molecule has 0 heterocycles. The normalized spacial score (nSPS) is 11.2. The molecule has 0 fully saturated rings. The number of anilines is 1. The van der Waals surface area contributed by atoms with Gasteiger partial charge in [0.1, 0.15) is 12.4 Å². The molecule has 0 aliphatic rings. The first-order chi connectivity index (χ1) is 16.6. The summed E-state index contributed by atoms with van der Waals surface area (Å²) in [5, 5.41) is 0. The van der Waals surface area contributed by atoms with E-state index in [-0.39, 0.29) is 0 Å². The molecule has 0 saturated carbocycles. The number of hydrogen-bond donors (Lipinski definition) is 0. The van der Waals surface area contributed by atoms with Gasteiger partial charge in [-0.3, -0.25) is 0 Å². The minimum absolute atomic E-state index is 0.507. The van der Waals surface area contributed by atoms with Gasteiger partial charge >= 0.3 is 0 Å². The predicted octanol–water partition coefficient (Wildman–Crippen LogP) is 2.49. The van der Waals surface area contributed by atoms with Crippen LogP contribution in [-0.2, 0) is 33.2 Å². The summed E-state index contributed by atoms with van der Waals surface area (Å²) in [6.07, 6.45) is 0. The van der Waals surface area contributed by atoms with Gasteiger partial charge in [-0.15, -0.1) is 0 Å². The Morgan fingerprint density at radius 1 is 0.559 bits per heavy atom. The number of methoxy groups -OCH3 is 1. The van der Waals surface area contributed by atoms with Crippen molar-refractivity contribution in [1.29, 1.82) is 0 Å². The third kappa shape index (κ3) is 15.4. The van der Waals surface area contributed by atoms with E-state index < -0.39 is 0 Å². The molecule has 0 spiro atoms. The summed E-state index contributed by atoms with van der Waals surface area (Å²) in [6, 6.07) is 4.22. The number of aryl methyl sites for hydroxylation is 1. The number of rotatable bonds is 23. The highest BCUT2D eigenvalue weighted by Crippen LogP contribution is 2.29. The van der Waals surface area contributed by atoms with Crippen LogP contribution in [0.25, 0.3) is 0 Å². The van der Waals surface area contributed by atoms with Crippen molar-refractivity contribution in [3.8, 4) is 5.75 Å². The fraction of sp³-hybridized carbons (Fsp3) is 0.760. The van der Waals surface area contributed by atoms with Crippen molar-refractivity contribution in [3.63, 3.8) is 0 Å². The molecule has 0 unspecified atom stereocenters. The molecule has 0 aromatic heterocycles. The van der Waals surface area contributed by atoms with Gasteiger partial charge in [0.15, 0.2) is 0 Å². The van der Waals surface area contributed by atoms with Crippen molar-refractivity contribution in [2.45, 2.75) is 13.8 Å². The monoisotopic (exact) mass is 487 g/mol. The second kappa shape index (κ2) is 20.9. The number of ether oxygens (including phenoxy) is 8.